The van der Waals surface area contributed by atoms with E-state index in [-0.39, 0.29) is 17.1 Å². The first-order chi connectivity index (χ1) is 9.49. The van der Waals surface area contributed by atoms with Crippen LogP contribution in [0.3, 0.4) is 0 Å². The van der Waals surface area contributed by atoms with Crippen molar-refractivity contribution in [1.82, 2.24) is 4.98 Å². The van der Waals surface area contributed by atoms with Gasteiger partial charge in [0, 0.05) is 6.20 Å². The number of ether oxygens (including phenoxy) is 1. The van der Waals surface area contributed by atoms with Gasteiger partial charge in [0.15, 0.2) is 5.75 Å². The second kappa shape index (κ2) is 5.31. The fourth-order valence-corrected chi connectivity index (χ4v) is 1.48. The van der Waals surface area contributed by atoms with Crippen LogP contribution < -0.4 is 4.74 Å². The van der Waals surface area contributed by atoms with E-state index in [9.17, 15) is 19.3 Å². The van der Waals surface area contributed by atoms with Crippen LogP contribution in [0.4, 0.5) is 10.1 Å². The van der Waals surface area contributed by atoms with Gasteiger partial charge in [0.2, 0.25) is 5.75 Å². The highest BCUT2D eigenvalue weighted by Crippen LogP contribution is 2.32. The van der Waals surface area contributed by atoms with Gasteiger partial charge in [-0.2, -0.15) is 0 Å². The summed E-state index contributed by atoms with van der Waals surface area (Å²) < 4.78 is 18.2. The van der Waals surface area contributed by atoms with Crippen molar-refractivity contribution in [1.29, 1.82) is 0 Å². The summed E-state index contributed by atoms with van der Waals surface area (Å²) in [7, 11) is 0. The third kappa shape index (κ3) is 2.69. The van der Waals surface area contributed by atoms with E-state index >= 15 is 0 Å². The molecule has 0 spiro atoms. The minimum absolute atomic E-state index is 0.172. The molecule has 0 saturated carbocycles. The summed E-state index contributed by atoms with van der Waals surface area (Å²) in [6.45, 7) is 0. The van der Waals surface area contributed by atoms with Gasteiger partial charge < -0.3 is 9.84 Å². The molecule has 0 amide bonds. The predicted octanol–water partition coefficient (Wildman–Crippen LogP) is 2.62. The molecule has 0 unspecified atom stereocenters. The zero-order valence-electron chi connectivity index (χ0n) is 9.82. The van der Waals surface area contributed by atoms with Crippen molar-refractivity contribution in [2.75, 3.05) is 0 Å². The van der Waals surface area contributed by atoms with Gasteiger partial charge >= 0.3 is 11.7 Å². The zero-order chi connectivity index (χ0) is 14.7. The molecular weight excluding hydrogens is 271 g/mol. The van der Waals surface area contributed by atoms with Crippen LogP contribution in [0.25, 0.3) is 0 Å². The van der Waals surface area contributed by atoms with E-state index in [4.69, 9.17) is 9.84 Å². The number of carbonyl (C=O) groups is 1. The van der Waals surface area contributed by atoms with Gasteiger partial charge in [-0.05, 0) is 18.2 Å². The largest absolute Gasteiger partial charge is 0.478 e. The topological polar surface area (TPSA) is 103 Å². The summed E-state index contributed by atoms with van der Waals surface area (Å²) in [5, 5.41) is 19.8. The molecule has 0 aliphatic carbocycles. The number of hydrogen-bond donors (Lipinski definition) is 1. The molecule has 1 N–H and O–H groups in total. The maximum Gasteiger partial charge on any atom is 0.339 e. The highest BCUT2D eigenvalue weighted by Gasteiger charge is 2.19. The monoisotopic (exact) mass is 278 g/mol. The van der Waals surface area contributed by atoms with Crippen LogP contribution in [0.2, 0.25) is 0 Å². The quantitative estimate of drug-likeness (QED) is 0.681. The Bertz CT molecular complexity index is 689. The summed E-state index contributed by atoms with van der Waals surface area (Å²) >= 11 is 0. The van der Waals surface area contributed by atoms with E-state index in [0.29, 0.717) is 6.07 Å². The van der Waals surface area contributed by atoms with Crippen molar-refractivity contribution in [3.63, 3.8) is 0 Å². The van der Waals surface area contributed by atoms with E-state index in [1.165, 1.54) is 12.3 Å². The average molecular weight is 278 g/mol. The number of aromatic nitrogens is 1. The molecular formula is C12H7FN2O5. The maximum atomic E-state index is 13.0. The van der Waals surface area contributed by atoms with Crippen molar-refractivity contribution in [2.45, 2.75) is 0 Å². The number of halogens is 1. The van der Waals surface area contributed by atoms with Crippen molar-refractivity contribution in [3.8, 4) is 11.5 Å². The van der Waals surface area contributed by atoms with Gasteiger partial charge in [-0.25, -0.2) is 9.18 Å². The number of carboxylic acids is 1. The number of nitrogens with zero attached hydrogens (tertiary/aromatic N) is 2. The second-order valence-corrected chi connectivity index (χ2v) is 3.65. The van der Waals surface area contributed by atoms with Crippen molar-refractivity contribution in [2.24, 2.45) is 0 Å². The molecule has 2 aromatic rings. The molecule has 0 bridgehead atoms. The van der Waals surface area contributed by atoms with Crippen LogP contribution in [0, 0.1) is 15.9 Å². The Morgan fingerprint density at radius 1 is 1.35 bits per heavy atom. The lowest BCUT2D eigenvalue weighted by Gasteiger charge is -2.08. The summed E-state index contributed by atoms with van der Waals surface area (Å²) in [6, 6.07) is 3.89. The van der Waals surface area contributed by atoms with E-state index < -0.39 is 22.4 Å². The molecule has 7 nitrogen and oxygen atoms in total. The Kier molecular flexibility index (Phi) is 3.56. The first-order valence-electron chi connectivity index (χ1n) is 5.28. The van der Waals surface area contributed by atoms with E-state index in [2.05, 4.69) is 4.98 Å². The van der Waals surface area contributed by atoms with E-state index in [0.717, 1.165) is 18.3 Å². The Morgan fingerprint density at radius 3 is 2.75 bits per heavy atom. The van der Waals surface area contributed by atoms with Crippen LogP contribution in [0.1, 0.15) is 10.4 Å². The van der Waals surface area contributed by atoms with Crippen LogP contribution in [0.5, 0.6) is 11.5 Å². The van der Waals surface area contributed by atoms with Gasteiger partial charge in [0.25, 0.3) is 0 Å². The van der Waals surface area contributed by atoms with Crippen molar-refractivity contribution in [3.05, 3.63) is 58.2 Å². The molecule has 2 rings (SSSR count). The molecule has 8 heteroatoms. The lowest BCUT2D eigenvalue weighted by atomic mass is 10.2. The Morgan fingerprint density at radius 2 is 2.10 bits per heavy atom. The lowest BCUT2D eigenvalue weighted by molar-refractivity contribution is -0.385. The van der Waals surface area contributed by atoms with E-state index in [1.807, 2.05) is 0 Å². The third-order valence-corrected chi connectivity index (χ3v) is 2.35. The number of hydrogen-bond acceptors (Lipinski definition) is 5. The highest BCUT2D eigenvalue weighted by molar-refractivity contribution is 5.90. The molecule has 102 valence electrons. The van der Waals surface area contributed by atoms with Gasteiger partial charge in [-0.15, -0.1) is 0 Å². The highest BCUT2D eigenvalue weighted by atomic mass is 19.1. The Labute approximate surface area is 111 Å². The van der Waals surface area contributed by atoms with Crippen LogP contribution in [-0.4, -0.2) is 21.0 Å². The normalized spacial score (nSPS) is 10.1. The summed E-state index contributed by atoms with van der Waals surface area (Å²) in [5.74, 6) is -2.51. The minimum atomic E-state index is -1.27. The Hall–Kier alpha value is -3.03. The number of nitro benzene ring substituents is 1. The molecule has 0 saturated heterocycles. The van der Waals surface area contributed by atoms with E-state index in [1.54, 1.807) is 0 Å². The lowest BCUT2D eigenvalue weighted by Crippen LogP contribution is -2.01. The van der Waals surface area contributed by atoms with Gasteiger partial charge in [-0.1, -0.05) is 0 Å². The molecule has 0 atom stereocenters. The standard InChI is InChI=1S/C12H7FN2O5/c13-7-1-2-10(9(5-7)15(18)19)20-11-6-14-4-3-8(11)12(16)17/h1-6H,(H,16,17). The number of pyridine rings is 1. The second-order valence-electron chi connectivity index (χ2n) is 3.65. The van der Waals surface area contributed by atoms with Crippen molar-refractivity contribution >= 4 is 11.7 Å². The summed E-state index contributed by atoms with van der Waals surface area (Å²) in [5.41, 5.74) is -0.816. The molecule has 0 fully saturated rings. The number of nitro groups is 1. The number of rotatable bonds is 4. The summed E-state index contributed by atoms with van der Waals surface area (Å²) in [4.78, 5) is 24.7. The zero-order valence-corrected chi connectivity index (χ0v) is 9.82. The first-order valence-corrected chi connectivity index (χ1v) is 5.28. The number of benzene rings is 1. The van der Waals surface area contributed by atoms with Gasteiger partial charge in [0.05, 0.1) is 17.2 Å². The third-order valence-electron chi connectivity index (χ3n) is 2.35. The fraction of sp³-hybridized carbons (Fsp3) is 0. The molecule has 0 aliphatic rings. The smallest absolute Gasteiger partial charge is 0.339 e. The first kappa shape index (κ1) is 13.4. The molecule has 1 heterocycles. The molecule has 20 heavy (non-hydrogen) atoms. The fourth-order valence-electron chi connectivity index (χ4n) is 1.48. The predicted molar refractivity (Wildman–Crippen MR) is 64.3 cm³/mol. The maximum absolute atomic E-state index is 13.0. The molecule has 0 radical (unpaired) electrons. The summed E-state index contributed by atoms with van der Waals surface area (Å²) in [6.07, 6.45) is 2.35. The number of aromatic carboxylic acids is 1. The van der Waals surface area contributed by atoms with Gasteiger partial charge in [0.1, 0.15) is 11.4 Å². The Balaban J connectivity index is 2.45. The van der Waals surface area contributed by atoms with Crippen LogP contribution in [0.15, 0.2) is 36.7 Å². The number of carboxylic acid groups (broad SMARTS) is 1. The molecule has 0 aliphatic heterocycles. The van der Waals surface area contributed by atoms with Crippen LogP contribution >= 0.6 is 0 Å². The van der Waals surface area contributed by atoms with Crippen LogP contribution in [-0.2, 0) is 0 Å². The van der Waals surface area contributed by atoms with Gasteiger partial charge in [-0.3, -0.25) is 15.1 Å². The average Bonchev–Trinajstić information content (AvgIpc) is 2.41. The molecule has 1 aromatic heterocycles. The SMILES string of the molecule is O=C(O)c1ccncc1Oc1ccc(F)cc1[N+](=O)[O-]. The van der Waals surface area contributed by atoms with Crippen molar-refractivity contribution < 1.29 is 24.0 Å². The molecule has 1 aromatic carbocycles. The minimum Gasteiger partial charge on any atom is -0.478 e.